The second kappa shape index (κ2) is 7.47. The minimum Gasteiger partial charge on any atom is -0.326 e. The van der Waals surface area contributed by atoms with E-state index in [4.69, 9.17) is 11.6 Å². The fourth-order valence-corrected chi connectivity index (χ4v) is 2.94. The second-order valence-corrected chi connectivity index (χ2v) is 6.45. The van der Waals surface area contributed by atoms with Gasteiger partial charge in [0, 0.05) is 21.7 Å². The number of hydrogen-bond acceptors (Lipinski definition) is 1. The number of carbonyl (C=O) groups is 1. The summed E-state index contributed by atoms with van der Waals surface area (Å²) in [4.78, 5) is 13.5. The minimum atomic E-state index is 0.0119. The van der Waals surface area contributed by atoms with E-state index in [1.807, 2.05) is 73.8 Å². The van der Waals surface area contributed by atoms with E-state index >= 15 is 0 Å². The zero-order valence-corrected chi connectivity index (χ0v) is 14.3. The Morgan fingerprint density at radius 1 is 1.00 bits per heavy atom. The largest absolute Gasteiger partial charge is 0.326 e. The van der Waals surface area contributed by atoms with Crippen LogP contribution in [0.2, 0.25) is 5.02 Å². The lowest BCUT2D eigenvalue weighted by molar-refractivity contribution is -0.885. The summed E-state index contributed by atoms with van der Waals surface area (Å²) in [5, 5.41) is 5.94. The summed E-state index contributed by atoms with van der Waals surface area (Å²) < 4.78 is 0. The number of hydrogen-bond donors (Lipinski definition) is 2. The van der Waals surface area contributed by atoms with E-state index in [0.29, 0.717) is 6.54 Å². The molecule has 0 saturated carbocycles. The van der Waals surface area contributed by atoms with E-state index in [-0.39, 0.29) is 5.91 Å². The van der Waals surface area contributed by atoms with Crippen LogP contribution in [0.3, 0.4) is 0 Å². The topological polar surface area (TPSA) is 33.5 Å². The lowest BCUT2D eigenvalue weighted by Gasteiger charge is -2.14. The van der Waals surface area contributed by atoms with Gasteiger partial charge < -0.3 is 10.2 Å². The third-order valence-electron chi connectivity index (χ3n) is 3.95. The van der Waals surface area contributed by atoms with Gasteiger partial charge in [-0.15, -0.1) is 0 Å². The molecule has 3 aromatic rings. The molecule has 0 aliphatic rings. The van der Waals surface area contributed by atoms with Gasteiger partial charge in [-0.2, -0.15) is 0 Å². The number of amides is 1. The third kappa shape index (κ3) is 4.13. The Hall–Kier alpha value is -2.36. The van der Waals surface area contributed by atoms with Crippen LogP contribution in [-0.4, -0.2) is 19.5 Å². The number of likely N-dealkylation sites (N-methyl/N-ethyl adjacent to an activating group) is 1. The molecular formula is C20H20ClN2O+. The van der Waals surface area contributed by atoms with Crippen LogP contribution in [0.15, 0.2) is 66.7 Å². The van der Waals surface area contributed by atoms with Gasteiger partial charge in [0.1, 0.15) is 6.54 Å². The SMILES string of the molecule is C[NH+](CC(=O)Nc1cccc2ccccc12)Cc1ccc(Cl)cc1. The van der Waals surface area contributed by atoms with Crippen molar-refractivity contribution in [3.63, 3.8) is 0 Å². The summed E-state index contributed by atoms with van der Waals surface area (Å²) in [5.41, 5.74) is 2.02. The first-order valence-corrected chi connectivity index (χ1v) is 8.33. The number of rotatable bonds is 5. The maximum atomic E-state index is 12.4. The molecule has 0 aliphatic carbocycles. The number of anilines is 1. The molecule has 3 nitrogen and oxygen atoms in total. The number of halogens is 1. The van der Waals surface area contributed by atoms with Gasteiger partial charge in [0.05, 0.1) is 7.05 Å². The molecule has 24 heavy (non-hydrogen) atoms. The molecule has 0 fully saturated rings. The highest BCUT2D eigenvalue weighted by Gasteiger charge is 2.12. The molecule has 0 bridgehead atoms. The Morgan fingerprint density at radius 3 is 2.50 bits per heavy atom. The zero-order valence-electron chi connectivity index (χ0n) is 13.6. The number of nitrogens with one attached hydrogen (secondary N) is 2. The van der Waals surface area contributed by atoms with Crippen molar-refractivity contribution in [3.05, 3.63) is 77.3 Å². The summed E-state index contributed by atoms with van der Waals surface area (Å²) >= 11 is 5.90. The van der Waals surface area contributed by atoms with Crippen LogP contribution in [0, 0.1) is 0 Å². The quantitative estimate of drug-likeness (QED) is 0.735. The Bertz CT molecular complexity index is 840. The van der Waals surface area contributed by atoms with E-state index in [0.717, 1.165) is 38.5 Å². The highest BCUT2D eigenvalue weighted by Crippen LogP contribution is 2.22. The average molecular weight is 340 g/mol. The van der Waals surface area contributed by atoms with Crippen LogP contribution in [0.25, 0.3) is 10.8 Å². The van der Waals surface area contributed by atoms with Crippen LogP contribution >= 0.6 is 11.6 Å². The Kier molecular flexibility index (Phi) is 5.14. The first-order valence-electron chi connectivity index (χ1n) is 7.95. The summed E-state index contributed by atoms with van der Waals surface area (Å²) in [5.74, 6) is 0.0119. The normalized spacial score (nSPS) is 12.1. The minimum absolute atomic E-state index is 0.0119. The van der Waals surface area contributed by atoms with Crippen molar-refractivity contribution < 1.29 is 9.69 Å². The molecule has 1 atom stereocenters. The van der Waals surface area contributed by atoms with Crippen LogP contribution in [0.4, 0.5) is 5.69 Å². The van der Waals surface area contributed by atoms with E-state index in [1.54, 1.807) is 0 Å². The fourth-order valence-electron chi connectivity index (χ4n) is 2.82. The smallest absolute Gasteiger partial charge is 0.279 e. The fraction of sp³-hybridized carbons (Fsp3) is 0.150. The van der Waals surface area contributed by atoms with Crippen LogP contribution < -0.4 is 10.2 Å². The molecule has 0 spiro atoms. The molecule has 1 amide bonds. The number of fused-ring (bicyclic) bond motifs is 1. The molecule has 4 heteroatoms. The summed E-state index contributed by atoms with van der Waals surface area (Å²) in [7, 11) is 2.01. The van der Waals surface area contributed by atoms with Gasteiger partial charge in [-0.25, -0.2) is 0 Å². The van der Waals surface area contributed by atoms with E-state index in [9.17, 15) is 4.79 Å². The Balaban J connectivity index is 1.63. The Morgan fingerprint density at radius 2 is 1.71 bits per heavy atom. The van der Waals surface area contributed by atoms with Gasteiger partial charge in [-0.3, -0.25) is 4.79 Å². The summed E-state index contributed by atoms with van der Waals surface area (Å²) in [6, 6.07) is 21.7. The third-order valence-corrected chi connectivity index (χ3v) is 4.20. The highest BCUT2D eigenvalue weighted by atomic mass is 35.5. The predicted octanol–water partition coefficient (Wildman–Crippen LogP) is 3.15. The van der Waals surface area contributed by atoms with Crippen LogP contribution in [-0.2, 0) is 11.3 Å². The summed E-state index contributed by atoms with van der Waals surface area (Å²) in [6.45, 7) is 1.19. The monoisotopic (exact) mass is 339 g/mol. The van der Waals surface area contributed by atoms with Gasteiger partial charge in [0.2, 0.25) is 0 Å². The molecule has 0 saturated heterocycles. The van der Waals surface area contributed by atoms with Gasteiger partial charge in [-0.1, -0.05) is 60.1 Å². The molecule has 2 N–H and O–H groups in total. The lowest BCUT2D eigenvalue weighted by atomic mass is 10.1. The van der Waals surface area contributed by atoms with Crippen molar-refractivity contribution in [2.24, 2.45) is 0 Å². The molecule has 0 aromatic heterocycles. The van der Waals surface area contributed by atoms with Gasteiger partial charge in [0.25, 0.3) is 5.91 Å². The molecule has 0 heterocycles. The van der Waals surface area contributed by atoms with Crippen molar-refractivity contribution >= 4 is 34.0 Å². The number of carbonyl (C=O) groups excluding carboxylic acids is 1. The average Bonchev–Trinajstić information content (AvgIpc) is 2.57. The van der Waals surface area contributed by atoms with Crippen molar-refractivity contribution in [3.8, 4) is 0 Å². The maximum absolute atomic E-state index is 12.4. The second-order valence-electron chi connectivity index (χ2n) is 6.01. The molecule has 1 unspecified atom stereocenters. The first-order chi connectivity index (χ1) is 11.6. The van der Waals surface area contributed by atoms with Crippen molar-refractivity contribution in [1.29, 1.82) is 0 Å². The number of quaternary nitrogens is 1. The maximum Gasteiger partial charge on any atom is 0.279 e. The van der Waals surface area contributed by atoms with Gasteiger partial charge >= 0.3 is 0 Å². The van der Waals surface area contributed by atoms with Crippen molar-refractivity contribution in [2.45, 2.75) is 6.54 Å². The number of benzene rings is 3. The van der Waals surface area contributed by atoms with Gasteiger partial charge in [-0.05, 0) is 23.6 Å². The van der Waals surface area contributed by atoms with Crippen LogP contribution in [0.5, 0.6) is 0 Å². The van der Waals surface area contributed by atoms with E-state index in [1.165, 1.54) is 0 Å². The highest BCUT2D eigenvalue weighted by molar-refractivity contribution is 6.30. The Labute approximate surface area is 146 Å². The van der Waals surface area contributed by atoms with Crippen LogP contribution in [0.1, 0.15) is 5.56 Å². The zero-order chi connectivity index (χ0) is 16.9. The molecule has 3 aromatic carbocycles. The van der Waals surface area contributed by atoms with Crippen molar-refractivity contribution in [1.82, 2.24) is 0 Å². The van der Waals surface area contributed by atoms with Gasteiger partial charge in [0.15, 0.2) is 6.54 Å². The summed E-state index contributed by atoms with van der Waals surface area (Å²) in [6.07, 6.45) is 0. The first kappa shape index (κ1) is 16.5. The standard InChI is InChI=1S/C20H19ClN2O/c1-23(13-15-9-11-17(21)12-10-15)14-20(24)22-19-8-4-6-16-5-2-3-7-18(16)19/h2-12H,13-14H2,1H3,(H,22,24)/p+1. The molecular weight excluding hydrogens is 320 g/mol. The molecule has 0 radical (unpaired) electrons. The molecule has 0 aliphatic heterocycles. The van der Waals surface area contributed by atoms with Crippen molar-refractivity contribution in [2.75, 3.05) is 18.9 Å². The molecule has 3 rings (SSSR count). The predicted molar refractivity (Wildman–Crippen MR) is 99.5 cm³/mol. The lowest BCUT2D eigenvalue weighted by Crippen LogP contribution is -3.08. The molecule has 122 valence electrons. The van der Waals surface area contributed by atoms with E-state index in [2.05, 4.69) is 5.32 Å². The van der Waals surface area contributed by atoms with E-state index < -0.39 is 0 Å².